The van der Waals surface area contributed by atoms with Crippen LogP contribution < -0.4 is 10.1 Å². The first-order valence-corrected chi connectivity index (χ1v) is 5.78. The minimum Gasteiger partial charge on any atom is -0.486 e. The largest absolute Gasteiger partial charge is 0.486 e. The van der Waals surface area contributed by atoms with Crippen LogP contribution in [0.5, 0.6) is 5.75 Å². The number of aryl methyl sites for hydroxylation is 2. The maximum Gasteiger partial charge on any atom is 0.126 e. The van der Waals surface area contributed by atoms with E-state index in [0.29, 0.717) is 0 Å². The van der Waals surface area contributed by atoms with E-state index in [1.54, 1.807) is 0 Å². The van der Waals surface area contributed by atoms with Gasteiger partial charge in [0.2, 0.25) is 0 Å². The van der Waals surface area contributed by atoms with Crippen molar-refractivity contribution in [3.8, 4) is 5.75 Å². The summed E-state index contributed by atoms with van der Waals surface area (Å²) in [6.07, 6.45) is 0. The summed E-state index contributed by atoms with van der Waals surface area (Å²) in [4.78, 5) is 0. The van der Waals surface area contributed by atoms with Crippen molar-refractivity contribution < 1.29 is 4.74 Å². The van der Waals surface area contributed by atoms with Crippen molar-refractivity contribution in [3.05, 3.63) is 28.8 Å². The third kappa shape index (κ3) is 2.99. The molecule has 0 saturated heterocycles. The van der Waals surface area contributed by atoms with Crippen molar-refractivity contribution >= 4 is 0 Å². The van der Waals surface area contributed by atoms with Crippen molar-refractivity contribution in [3.63, 3.8) is 0 Å². The number of hydrogen-bond donors (Lipinski definition) is 1. The van der Waals surface area contributed by atoms with E-state index >= 15 is 0 Å². The van der Waals surface area contributed by atoms with Gasteiger partial charge in [0.15, 0.2) is 0 Å². The number of benzene rings is 1. The highest BCUT2D eigenvalue weighted by molar-refractivity contribution is 5.44. The summed E-state index contributed by atoms with van der Waals surface area (Å²) < 4.78 is 6.12. The minimum absolute atomic E-state index is 0.182. The van der Waals surface area contributed by atoms with Crippen LogP contribution in [0.4, 0.5) is 0 Å². The SMILES string of the molecule is CNCC(C)(C)Oc1c(C)ccc(C)c1C. The molecule has 0 heterocycles. The highest BCUT2D eigenvalue weighted by Gasteiger charge is 2.21. The second-order valence-corrected chi connectivity index (χ2v) is 5.05. The Morgan fingerprint density at radius 3 is 2.25 bits per heavy atom. The Balaban J connectivity index is 3.01. The van der Waals surface area contributed by atoms with E-state index in [0.717, 1.165) is 12.3 Å². The van der Waals surface area contributed by atoms with Gasteiger partial charge < -0.3 is 10.1 Å². The molecule has 1 aromatic carbocycles. The molecule has 0 unspecified atom stereocenters. The van der Waals surface area contributed by atoms with Gasteiger partial charge in [-0.3, -0.25) is 0 Å². The molecular formula is C14H23NO. The first kappa shape index (κ1) is 13.0. The molecule has 90 valence electrons. The Morgan fingerprint density at radius 1 is 1.12 bits per heavy atom. The second-order valence-electron chi connectivity index (χ2n) is 5.05. The fraction of sp³-hybridized carbons (Fsp3) is 0.571. The maximum atomic E-state index is 6.12. The summed E-state index contributed by atoms with van der Waals surface area (Å²) in [5.74, 6) is 1.03. The van der Waals surface area contributed by atoms with Crippen LogP contribution in [0.15, 0.2) is 12.1 Å². The van der Waals surface area contributed by atoms with Gasteiger partial charge in [-0.05, 0) is 58.4 Å². The molecule has 1 rings (SSSR count). The van der Waals surface area contributed by atoms with Gasteiger partial charge in [0.25, 0.3) is 0 Å². The molecule has 0 aliphatic carbocycles. The third-order valence-corrected chi connectivity index (χ3v) is 2.85. The molecule has 0 bridgehead atoms. The lowest BCUT2D eigenvalue weighted by Crippen LogP contribution is -2.39. The molecule has 2 heteroatoms. The lowest BCUT2D eigenvalue weighted by Gasteiger charge is -2.28. The average molecular weight is 221 g/mol. The number of hydrogen-bond acceptors (Lipinski definition) is 2. The van der Waals surface area contributed by atoms with Crippen LogP contribution in [-0.2, 0) is 0 Å². The minimum atomic E-state index is -0.182. The number of nitrogens with one attached hydrogen (secondary N) is 1. The maximum absolute atomic E-state index is 6.12. The molecule has 0 spiro atoms. The quantitative estimate of drug-likeness (QED) is 0.844. The normalized spacial score (nSPS) is 11.6. The van der Waals surface area contributed by atoms with Gasteiger partial charge in [0.05, 0.1) is 0 Å². The van der Waals surface area contributed by atoms with Crippen LogP contribution in [-0.4, -0.2) is 19.2 Å². The zero-order valence-corrected chi connectivity index (χ0v) is 11.3. The van der Waals surface area contributed by atoms with E-state index in [4.69, 9.17) is 4.74 Å². The lowest BCUT2D eigenvalue weighted by atomic mass is 10.0. The van der Waals surface area contributed by atoms with Gasteiger partial charge in [0.1, 0.15) is 11.4 Å². The summed E-state index contributed by atoms with van der Waals surface area (Å²) >= 11 is 0. The molecule has 0 radical (unpaired) electrons. The molecular weight excluding hydrogens is 198 g/mol. The van der Waals surface area contributed by atoms with Crippen LogP contribution in [0, 0.1) is 20.8 Å². The van der Waals surface area contributed by atoms with Crippen LogP contribution in [0.2, 0.25) is 0 Å². The molecule has 2 nitrogen and oxygen atoms in total. The van der Waals surface area contributed by atoms with E-state index in [9.17, 15) is 0 Å². The molecule has 0 aliphatic rings. The van der Waals surface area contributed by atoms with Crippen LogP contribution >= 0.6 is 0 Å². The Bertz CT molecular complexity index is 369. The fourth-order valence-electron chi connectivity index (χ4n) is 1.82. The predicted octanol–water partition coefficient (Wildman–Crippen LogP) is 2.99. The molecule has 0 atom stereocenters. The van der Waals surface area contributed by atoms with Crippen LogP contribution in [0.3, 0.4) is 0 Å². The number of likely N-dealkylation sites (N-methyl/N-ethyl adjacent to an activating group) is 1. The molecule has 16 heavy (non-hydrogen) atoms. The second kappa shape index (κ2) is 4.88. The molecule has 1 N–H and O–H groups in total. The Kier molecular flexibility index (Phi) is 3.98. The average Bonchev–Trinajstić information content (AvgIpc) is 2.19. The van der Waals surface area contributed by atoms with Crippen molar-refractivity contribution in [2.45, 2.75) is 40.2 Å². The number of ether oxygens (including phenoxy) is 1. The van der Waals surface area contributed by atoms with Crippen LogP contribution in [0.1, 0.15) is 30.5 Å². The summed E-state index contributed by atoms with van der Waals surface area (Å²) in [5, 5.41) is 3.16. The predicted molar refractivity (Wildman–Crippen MR) is 69.3 cm³/mol. The summed E-state index contributed by atoms with van der Waals surface area (Å²) in [7, 11) is 1.95. The molecule has 0 saturated carbocycles. The van der Waals surface area contributed by atoms with E-state index < -0.39 is 0 Å². The van der Waals surface area contributed by atoms with E-state index in [-0.39, 0.29) is 5.60 Å². The summed E-state index contributed by atoms with van der Waals surface area (Å²) in [6.45, 7) is 11.4. The van der Waals surface area contributed by atoms with E-state index in [1.807, 2.05) is 7.05 Å². The van der Waals surface area contributed by atoms with Crippen molar-refractivity contribution in [1.82, 2.24) is 5.32 Å². The van der Waals surface area contributed by atoms with Gasteiger partial charge in [-0.2, -0.15) is 0 Å². The first-order valence-electron chi connectivity index (χ1n) is 5.78. The standard InChI is InChI=1S/C14H23NO/c1-10-7-8-11(2)13(12(10)3)16-14(4,5)9-15-6/h7-8,15H,9H2,1-6H3. The monoisotopic (exact) mass is 221 g/mol. The first-order chi connectivity index (χ1) is 7.37. The third-order valence-electron chi connectivity index (χ3n) is 2.85. The fourth-order valence-corrected chi connectivity index (χ4v) is 1.82. The highest BCUT2D eigenvalue weighted by Crippen LogP contribution is 2.28. The van der Waals surface area contributed by atoms with E-state index in [1.165, 1.54) is 16.7 Å². The van der Waals surface area contributed by atoms with Gasteiger partial charge in [-0.1, -0.05) is 12.1 Å². The van der Waals surface area contributed by atoms with Crippen LogP contribution in [0.25, 0.3) is 0 Å². The summed E-state index contributed by atoms with van der Waals surface area (Å²) in [5.41, 5.74) is 3.54. The van der Waals surface area contributed by atoms with Crippen molar-refractivity contribution in [1.29, 1.82) is 0 Å². The highest BCUT2D eigenvalue weighted by atomic mass is 16.5. The smallest absolute Gasteiger partial charge is 0.126 e. The molecule has 0 aliphatic heterocycles. The van der Waals surface area contributed by atoms with Crippen molar-refractivity contribution in [2.75, 3.05) is 13.6 Å². The molecule has 0 aromatic heterocycles. The number of rotatable bonds is 4. The lowest BCUT2D eigenvalue weighted by molar-refractivity contribution is 0.108. The Labute approximate surface area is 99.0 Å². The zero-order chi connectivity index (χ0) is 12.3. The van der Waals surface area contributed by atoms with E-state index in [2.05, 4.69) is 52.1 Å². The Hall–Kier alpha value is -1.02. The van der Waals surface area contributed by atoms with Gasteiger partial charge in [-0.15, -0.1) is 0 Å². The summed E-state index contributed by atoms with van der Waals surface area (Å²) in [6, 6.07) is 4.26. The molecule has 1 aromatic rings. The Morgan fingerprint density at radius 2 is 1.69 bits per heavy atom. The zero-order valence-electron chi connectivity index (χ0n) is 11.3. The van der Waals surface area contributed by atoms with Crippen molar-refractivity contribution in [2.24, 2.45) is 0 Å². The van der Waals surface area contributed by atoms with Gasteiger partial charge >= 0.3 is 0 Å². The van der Waals surface area contributed by atoms with Gasteiger partial charge in [-0.25, -0.2) is 0 Å². The van der Waals surface area contributed by atoms with Gasteiger partial charge in [0, 0.05) is 6.54 Å². The topological polar surface area (TPSA) is 21.3 Å². The molecule has 0 amide bonds. The molecule has 0 fully saturated rings.